The Bertz CT molecular complexity index is 1040. The molecule has 148 valence electrons. The molecule has 0 saturated heterocycles. The zero-order chi connectivity index (χ0) is 20.7. The first-order valence-electron chi connectivity index (χ1n) is 8.31. The van der Waals surface area contributed by atoms with Gasteiger partial charge in [-0.25, -0.2) is 4.68 Å². The SMILES string of the molecule is O=C(NCC#CCOc1cccc(C(F)(F)F)c1)c1cccc(-n2cnnn2)c1. The topological polar surface area (TPSA) is 81.9 Å². The zero-order valence-corrected chi connectivity index (χ0v) is 14.8. The maximum absolute atomic E-state index is 12.6. The summed E-state index contributed by atoms with van der Waals surface area (Å²) in [5, 5.41) is 13.4. The number of hydrogen-bond acceptors (Lipinski definition) is 5. The molecule has 10 heteroatoms. The molecule has 3 aromatic rings. The second-order valence-corrected chi connectivity index (χ2v) is 5.66. The largest absolute Gasteiger partial charge is 0.481 e. The molecule has 1 amide bonds. The summed E-state index contributed by atoms with van der Waals surface area (Å²) in [4.78, 5) is 12.2. The van der Waals surface area contributed by atoms with Gasteiger partial charge in [-0.15, -0.1) is 5.10 Å². The maximum atomic E-state index is 12.6. The van der Waals surface area contributed by atoms with Crippen LogP contribution in [0.15, 0.2) is 54.9 Å². The Hall–Kier alpha value is -3.87. The van der Waals surface area contributed by atoms with Crippen molar-refractivity contribution in [3.05, 3.63) is 66.0 Å². The molecular formula is C19H14F3N5O2. The lowest BCUT2D eigenvalue weighted by molar-refractivity contribution is -0.137. The lowest BCUT2D eigenvalue weighted by Crippen LogP contribution is -2.23. The fourth-order valence-electron chi connectivity index (χ4n) is 2.29. The number of halogens is 3. The summed E-state index contributed by atoms with van der Waals surface area (Å²) in [5.74, 6) is 5.04. The molecule has 2 aromatic carbocycles. The summed E-state index contributed by atoms with van der Waals surface area (Å²) in [6, 6.07) is 11.2. The highest BCUT2D eigenvalue weighted by Crippen LogP contribution is 2.31. The summed E-state index contributed by atoms with van der Waals surface area (Å²) in [7, 11) is 0. The number of hydrogen-bond donors (Lipinski definition) is 1. The van der Waals surface area contributed by atoms with Crippen LogP contribution in [-0.4, -0.2) is 39.3 Å². The van der Waals surface area contributed by atoms with E-state index >= 15 is 0 Å². The van der Waals surface area contributed by atoms with E-state index in [1.807, 2.05) is 0 Å². The van der Waals surface area contributed by atoms with Crippen molar-refractivity contribution in [3.63, 3.8) is 0 Å². The van der Waals surface area contributed by atoms with Crippen LogP contribution in [0, 0.1) is 11.8 Å². The van der Waals surface area contributed by atoms with Gasteiger partial charge in [0.1, 0.15) is 18.7 Å². The van der Waals surface area contributed by atoms with Crippen LogP contribution in [0.2, 0.25) is 0 Å². The van der Waals surface area contributed by atoms with Gasteiger partial charge < -0.3 is 10.1 Å². The minimum atomic E-state index is -4.43. The minimum absolute atomic E-state index is 0.0554. The molecule has 0 aliphatic rings. The van der Waals surface area contributed by atoms with E-state index in [1.54, 1.807) is 24.3 Å². The lowest BCUT2D eigenvalue weighted by Gasteiger charge is -2.08. The summed E-state index contributed by atoms with van der Waals surface area (Å²) < 4.78 is 44.5. The molecule has 1 aromatic heterocycles. The molecule has 1 N–H and O–H groups in total. The first-order chi connectivity index (χ1) is 13.9. The van der Waals surface area contributed by atoms with Gasteiger partial charge in [-0.2, -0.15) is 13.2 Å². The van der Waals surface area contributed by atoms with Gasteiger partial charge in [-0.3, -0.25) is 4.79 Å². The van der Waals surface area contributed by atoms with Gasteiger partial charge in [0.25, 0.3) is 5.91 Å². The summed E-state index contributed by atoms with van der Waals surface area (Å²) >= 11 is 0. The van der Waals surface area contributed by atoms with E-state index in [1.165, 1.54) is 23.1 Å². The second kappa shape index (κ2) is 8.88. The highest BCUT2D eigenvalue weighted by atomic mass is 19.4. The number of nitrogens with zero attached hydrogens (tertiary/aromatic N) is 4. The standard InChI is InChI=1S/C19H14F3N5O2/c20-19(21,22)15-6-4-8-17(12-15)29-10-2-1-9-23-18(28)14-5-3-7-16(11-14)27-13-24-25-26-27/h3-8,11-13H,9-10H2,(H,23,28). The third-order valence-corrected chi connectivity index (χ3v) is 3.66. The van der Waals surface area contributed by atoms with Crippen molar-refractivity contribution in [3.8, 4) is 23.3 Å². The van der Waals surface area contributed by atoms with Crippen molar-refractivity contribution in [1.82, 2.24) is 25.5 Å². The van der Waals surface area contributed by atoms with E-state index < -0.39 is 11.7 Å². The van der Waals surface area contributed by atoms with Crippen LogP contribution in [0.5, 0.6) is 5.75 Å². The Balaban J connectivity index is 1.48. The van der Waals surface area contributed by atoms with Gasteiger partial charge in [0.2, 0.25) is 0 Å². The third-order valence-electron chi connectivity index (χ3n) is 3.66. The average Bonchev–Trinajstić information content (AvgIpc) is 3.25. The Morgan fingerprint density at radius 2 is 1.97 bits per heavy atom. The average molecular weight is 401 g/mol. The first kappa shape index (κ1) is 19.9. The first-order valence-corrected chi connectivity index (χ1v) is 8.31. The number of aromatic nitrogens is 4. The Morgan fingerprint density at radius 1 is 1.14 bits per heavy atom. The molecule has 0 fully saturated rings. The highest BCUT2D eigenvalue weighted by Gasteiger charge is 2.30. The molecule has 1 heterocycles. The number of rotatable bonds is 5. The summed E-state index contributed by atoms with van der Waals surface area (Å²) in [5.41, 5.74) is 0.238. The summed E-state index contributed by atoms with van der Waals surface area (Å²) in [6.45, 7) is -0.0497. The van der Waals surface area contributed by atoms with Crippen molar-refractivity contribution in [2.45, 2.75) is 6.18 Å². The quantitative estimate of drug-likeness (QED) is 0.665. The van der Waals surface area contributed by atoms with Gasteiger partial charge in [-0.1, -0.05) is 24.0 Å². The van der Waals surface area contributed by atoms with Crippen molar-refractivity contribution >= 4 is 5.91 Å². The van der Waals surface area contributed by atoms with Gasteiger partial charge in [0.15, 0.2) is 0 Å². The fraction of sp³-hybridized carbons (Fsp3) is 0.158. The van der Waals surface area contributed by atoms with E-state index in [0.717, 1.165) is 12.1 Å². The van der Waals surface area contributed by atoms with Crippen LogP contribution in [0.25, 0.3) is 5.69 Å². The van der Waals surface area contributed by atoms with Crippen molar-refractivity contribution in [1.29, 1.82) is 0 Å². The monoisotopic (exact) mass is 401 g/mol. The van der Waals surface area contributed by atoms with Crippen molar-refractivity contribution in [2.24, 2.45) is 0 Å². The van der Waals surface area contributed by atoms with Crippen LogP contribution in [0.1, 0.15) is 15.9 Å². The van der Waals surface area contributed by atoms with Gasteiger partial charge in [0.05, 0.1) is 17.8 Å². The predicted molar refractivity (Wildman–Crippen MR) is 96.2 cm³/mol. The molecule has 0 aliphatic carbocycles. The molecule has 0 saturated carbocycles. The number of nitrogens with one attached hydrogen (secondary N) is 1. The number of ether oxygens (including phenoxy) is 1. The van der Waals surface area contributed by atoms with Gasteiger partial charge in [0, 0.05) is 5.56 Å². The number of carbonyl (C=O) groups excluding carboxylic acids is 1. The summed E-state index contributed by atoms with van der Waals surface area (Å²) in [6.07, 6.45) is -3.02. The third kappa shape index (κ3) is 5.55. The molecule has 0 unspecified atom stereocenters. The van der Waals surface area contributed by atoms with Crippen LogP contribution in [0.4, 0.5) is 13.2 Å². The van der Waals surface area contributed by atoms with Crippen LogP contribution in [-0.2, 0) is 6.18 Å². The molecule has 3 rings (SSSR count). The second-order valence-electron chi connectivity index (χ2n) is 5.66. The van der Waals surface area contributed by atoms with E-state index in [9.17, 15) is 18.0 Å². The minimum Gasteiger partial charge on any atom is -0.481 e. The number of amides is 1. The Labute approximate surface area is 163 Å². The molecule has 0 atom stereocenters. The molecule has 7 nitrogen and oxygen atoms in total. The van der Waals surface area contributed by atoms with E-state index in [0.29, 0.717) is 11.3 Å². The highest BCUT2D eigenvalue weighted by molar-refractivity contribution is 5.94. The molecular weight excluding hydrogens is 387 g/mol. The van der Waals surface area contributed by atoms with Gasteiger partial charge >= 0.3 is 6.18 Å². The van der Waals surface area contributed by atoms with Crippen LogP contribution >= 0.6 is 0 Å². The molecule has 0 spiro atoms. The lowest BCUT2D eigenvalue weighted by atomic mass is 10.2. The molecule has 29 heavy (non-hydrogen) atoms. The van der Waals surface area contributed by atoms with Crippen LogP contribution in [0.3, 0.4) is 0 Å². The Kier molecular flexibility index (Phi) is 6.09. The Morgan fingerprint density at radius 3 is 2.72 bits per heavy atom. The van der Waals surface area contributed by atoms with E-state index in [4.69, 9.17) is 4.74 Å². The van der Waals surface area contributed by atoms with E-state index in [-0.39, 0.29) is 24.8 Å². The van der Waals surface area contributed by atoms with Gasteiger partial charge in [-0.05, 0) is 46.8 Å². The van der Waals surface area contributed by atoms with Crippen molar-refractivity contribution < 1.29 is 22.7 Å². The number of tetrazole rings is 1. The van der Waals surface area contributed by atoms with Crippen molar-refractivity contribution in [2.75, 3.05) is 13.2 Å². The number of benzene rings is 2. The maximum Gasteiger partial charge on any atom is 0.416 e. The zero-order valence-electron chi connectivity index (χ0n) is 14.8. The normalized spacial score (nSPS) is 10.7. The fourth-order valence-corrected chi connectivity index (χ4v) is 2.29. The van der Waals surface area contributed by atoms with E-state index in [2.05, 4.69) is 32.7 Å². The number of alkyl halides is 3. The predicted octanol–water partition coefficient (Wildman–Crippen LogP) is 2.49. The molecule has 0 aliphatic heterocycles. The molecule has 0 radical (unpaired) electrons. The number of carbonyl (C=O) groups is 1. The molecule has 0 bridgehead atoms. The smallest absolute Gasteiger partial charge is 0.416 e. The van der Waals surface area contributed by atoms with Crippen LogP contribution < -0.4 is 10.1 Å².